The lowest BCUT2D eigenvalue weighted by Crippen LogP contribution is -2.58. The first kappa shape index (κ1) is 18.5. The Labute approximate surface area is 156 Å². The predicted octanol–water partition coefficient (Wildman–Crippen LogP) is 2.08. The molecule has 6 atom stereocenters. The first-order valence-electron chi connectivity index (χ1n) is 8.83. The molecule has 2 aromatic rings. The zero-order valence-electron chi connectivity index (χ0n) is 14.5. The van der Waals surface area contributed by atoms with Gasteiger partial charge in [0.05, 0.1) is 13.2 Å². The molecule has 2 unspecified atom stereocenters. The van der Waals surface area contributed by atoms with Gasteiger partial charge in [0.1, 0.15) is 30.2 Å². The highest BCUT2D eigenvalue weighted by molar-refractivity contribution is 5.19. The van der Waals surface area contributed by atoms with Gasteiger partial charge >= 0.3 is 0 Å². The molecule has 0 saturated carbocycles. The molecular formula is C20H21FO6. The number of aliphatic hydroxyl groups excluding tert-OH is 2. The third-order valence-corrected chi connectivity index (χ3v) is 4.74. The lowest BCUT2D eigenvalue weighted by Gasteiger charge is -2.47. The fourth-order valence-electron chi connectivity index (χ4n) is 3.34. The molecule has 6 nitrogen and oxygen atoms in total. The molecule has 2 saturated heterocycles. The van der Waals surface area contributed by atoms with Gasteiger partial charge in [-0.25, -0.2) is 4.39 Å². The minimum absolute atomic E-state index is 0.216. The third-order valence-electron chi connectivity index (χ3n) is 4.74. The van der Waals surface area contributed by atoms with Crippen molar-refractivity contribution in [3.8, 4) is 0 Å². The van der Waals surface area contributed by atoms with Crippen LogP contribution in [0.5, 0.6) is 0 Å². The summed E-state index contributed by atoms with van der Waals surface area (Å²) < 4.78 is 36.8. The summed E-state index contributed by atoms with van der Waals surface area (Å²) in [4.78, 5) is 0. The van der Waals surface area contributed by atoms with Crippen LogP contribution in [0.3, 0.4) is 0 Å². The number of halogens is 1. The van der Waals surface area contributed by atoms with E-state index in [1.807, 2.05) is 30.3 Å². The summed E-state index contributed by atoms with van der Waals surface area (Å²) >= 11 is 0. The van der Waals surface area contributed by atoms with Gasteiger partial charge in [0, 0.05) is 11.1 Å². The lowest BCUT2D eigenvalue weighted by molar-refractivity contribution is -0.373. The fourth-order valence-corrected chi connectivity index (χ4v) is 3.34. The Morgan fingerprint density at radius 2 is 1.63 bits per heavy atom. The second-order valence-electron chi connectivity index (χ2n) is 6.59. The number of ether oxygens (including phenoxy) is 4. The maximum absolute atomic E-state index is 13.2. The molecule has 7 heteroatoms. The van der Waals surface area contributed by atoms with E-state index in [0.717, 1.165) is 5.56 Å². The van der Waals surface area contributed by atoms with Gasteiger partial charge in [-0.3, -0.25) is 0 Å². The Bertz CT molecular complexity index is 740. The molecule has 2 aromatic carbocycles. The van der Waals surface area contributed by atoms with Crippen LogP contribution in [0, 0.1) is 5.82 Å². The summed E-state index contributed by atoms with van der Waals surface area (Å²) in [6, 6.07) is 15.1. The summed E-state index contributed by atoms with van der Waals surface area (Å²) in [6.07, 6.45) is -4.50. The van der Waals surface area contributed by atoms with E-state index < -0.39 is 43.6 Å². The van der Waals surface area contributed by atoms with E-state index >= 15 is 0 Å². The molecular weight excluding hydrogens is 355 g/mol. The average Bonchev–Trinajstić information content (AvgIpc) is 2.73. The maximum atomic E-state index is 13.2. The molecule has 0 aliphatic carbocycles. The summed E-state index contributed by atoms with van der Waals surface area (Å²) in [5, 5.41) is 19.7. The largest absolute Gasteiger partial charge is 0.394 e. The van der Waals surface area contributed by atoms with Crippen molar-refractivity contribution < 1.29 is 33.6 Å². The van der Waals surface area contributed by atoms with E-state index in [4.69, 9.17) is 18.9 Å². The van der Waals surface area contributed by atoms with Crippen LogP contribution in [0.25, 0.3) is 0 Å². The SMILES string of the molecule is OC[C@@H](O)[C@H]1OC(c2ccccc2)O[C@H]2COC(c3ccc(F)cc3)O[C@@H]12. The van der Waals surface area contributed by atoms with Crippen molar-refractivity contribution in [2.45, 2.75) is 37.0 Å². The zero-order chi connectivity index (χ0) is 18.8. The molecule has 2 N–H and O–H groups in total. The zero-order valence-corrected chi connectivity index (χ0v) is 14.5. The van der Waals surface area contributed by atoms with Crippen molar-refractivity contribution in [1.82, 2.24) is 0 Å². The van der Waals surface area contributed by atoms with Crippen LogP contribution >= 0.6 is 0 Å². The van der Waals surface area contributed by atoms with Gasteiger partial charge < -0.3 is 29.2 Å². The first-order chi connectivity index (χ1) is 13.2. The Morgan fingerprint density at radius 3 is 2.33 bits per heavy atom. The van der Waals surface area contributed by atoms with E-state index in [-0.39, 0.29) is 12.4 Å². The number of aliphatic hydroxyl groups is 2. The highest BCUT2D eigenvalue weighted by Crippen LogP contribution is 2.38. The van der Waals surface area contributed by atoms with Crippen molar-refractivity contribution in [2.24, 2.45) is 0 Å². The van der Waals surface area contributed by atoms with E-state index in [2.05, 4.69) is 0 Å². The van der Waals surface area contributed by atoms with E-state index in [1.165, 1.54) is 12.1 Å². The van der Waals surface area contributed by atoms with Gasteiger partial charge in [0.25, 0.3) is 0 Å². The van der Waals surface area contributed by atoms with E-state index in [1.54, 1.807) is 12.1 Å². The minimum Gasteiger partial charge on any atom is -0.394 e. The average molecular weight is 376 g/mol. The molecule has 144 valence electrons. The standard InChI is InChI=1S/C20H21FO6/c21-14-8-6-13(7-9-14)19-24-11-16-18(27-19)17(15(23)10-22)26-20(25-16)12-4-2-1-3-5-12/h1-9,15-20,22-23H,10-11H2/t15-,16+,17-,18-,19?,20?/m1/s1. The number of benzene rings is 2. The van der Waals surface area contributed by atoms with Crippen molar-refractivity contribution in [3.63, 3.8) is 0 Å². The highest BCUT2D eigenvalue weighted by atomic mass is 19.1. The minimum atomic E-state index is -1.14. The quantitative estimate of drug-likeness (QED) is 0.851. The lowest BCUT2D eigenvalue weighted by atomic mass is 9.99. The van der Waals surface area contributed by atoms with Gasteiger partial charge in [-0.15, -0.1) is 0 Å². The van der Waals surface area contributed by atoms with Gasteiger partial charge in [-0.05, 0) is 12.1 Å². The van der Waals surface area contributed by atoms with Crippen LogP contribution in [0.2, 0.25) is 0 Å². The fraction of sp³-hybridized carbons (Fsp3) is 0.400. The topological polar surface area (TPSA) is 77.4 Å². The van der Waals surface area contributed by atoms with Crippen molar-refractivity contribution in [1.29, 1.82) is 0 Å². The van der Waals surface area contributed by atoms with Crippen LogP contribution in [-0.4, -0.2) is 47.8 Å². The Kier molecular flexibility index (Phi) is 5.49. The van der Waals surface area contributed by atoms with E-state index in [9.17, 15) is 14.6 Å². The molecule has 0 aromatic heterocycles. The molecule has 0 radical (unpaired) electrons. The van der Waals surface area contributed by atoms with Crippen LogP contribution in [0.1, 0.15) is 23.7 Å². The number of hydrogen-bond acceptors (Lipinski definition) is 6. The van der Waals surface area contributed by atoms with Crippen LogP contribution in [0.4, 0.5) is 4.39 Å². The van der Waals surface area contributed by atoms with Gasteiger partial charge in [-0.1, -0.05) is 42.5 Å². The normalized spacial score (nSPS) is 31.9. The highest BCUT2D eigenvalue weighted by Gasteiger charge is 2.48. The maximum Gasteiger partial charge on any atom is 0.184 e. The molecule has 4 rings (SSSR count). The number of hydrogen-bond donors (Lipinski definition) is 2. The van der Waals surface area contributed by atoms with Gasteiger partial charge in [0.2, 0.25) is 0 Å². The molecule has 2 heterocycles. The van der Waals surface area contributed by atoms with Crippen molar-refractivity contribution >= 4 is 0 Å². The Balaban J connectivity index is 1.55. The van der Waals surface area contributed by atoms with Crippen molar-refractivity contribution in [2.75, 3.05) is 13.2 Å². The molecule has 0 amide bonds. The second kappa shape index (κ2) is 8.02. The number of rotatable bonds is 4. The smallest absolute Gasteiger partial charge is 0.184 e. The predicted molar refractivity (Wildman–Crippen MR) is 92.0 cm³/mol. The monoisotopic (exact) mass is 376 g/mol. The molecule has 0 bridgehead atoms. The van der Waals surface area contributed by atoms with Crippen LogP contribution < -0.4 is 0 Å². The second-order valence-corrected chi connectivity index (χ2v) is 6.59. The summed E-state index contributed by atoms with van der Waals surface area (Å²) in [6.45, 7) is -0.255. The molecule has 2 fully saturated rings. The first-order valence-corrected chi connectivity index (χ1v) is 8.83. The molecule has 27 heavy (non-hydrogen) atoms. The van der Waals surface area contributed by atoms with Gasteiger partial charge in [0.15, 0.2) is 12.6 Å². The third kappa shape index (κ3) is 3.89. The van der Waals surface area contributed by atoms with Crippen LogP contribution in [-0.2, 0) is 18.9 Å². The summed E-state index contributed by atoms with van der Waals surface area (Å²) in [5.41, 5.74) is 1.45. The van der Waals surface area contributed by atoms with Crippen LogP contribution in [0.15, 0.2) is 54.6 Å². The van der Waals surface area contributed by atoms with E-state index in [0.29, 0.717) is 5.56 Å². The summed E-state index contributed by atoms with van der Waals surface area (Å²) in [5.74, 6) is -0.351. The molecule has 2 aliphatic rings. The number of fused-ring (bicyclic) bond motifs is 1. The Morgan fingerprint density at radius 1 is 0.926 bits per heavy atom. The summed E-state index contributed by atoms with van der Waals surface area (Å²) in [7, 11) is 0. The van der Waals surface area contributed by atoms with Gasteiger partial charge in [-0.2, -0.15) is 0 Å². The Hall–Kier alpha value is -1.87. The molecule has 0 spiro atoms. The molecule has 2 aliphatic heterocycles. The van der Waals surface area contributed by atoms with Crippen molar-refractivity contribution in [3.05, 3.63) is 71.5 Å².